The summed E-state index contributed by atoms with van der Waals surface area (Å²) in [5, 5.41) is 22.7. The number of nitrogens with zero attached hydrogens (tertiary/aromatic N) is 1. The summed E-state index contributed by atoms with van der Waals surface area (Å²) in [7, 11) is -4.24. The van der Waals surface area contributed by atoms with Gasteiger partial charge in [-0.15, -0.1) is 0 Å². The van der Waals surface area contributed by atoms with Gasteiger partial charge in [0, 0.05) is 5.92 Å². The maximum absolute atomic E-state index is 12.4. The van der Waals surface area contributed by atoms with E-state index in [4.69, 9.17) is 18.5 Å². The van der Waals surface area contributed by atoms with Crippen LogP contribution < -0.4 is 33.4 Å². The molecule has 3 heterocycles. The minimum absolute atomic E-state index is 0. The van der Waals surface area contributed by atoms with Crippen LogP contribution in [0.15, 0.2) is 17.1 Å². The van der Waals surface area contributed by atoms with E-state index in [1.807, 2.05) is 0 Å². The van der Waals surface area contributed by atoms with Gasteiger partial charge in [-0.2, -0.15) is 0 Å². The second kappa shape index (κ2) is 5.73. The van der Waals surface area contributed by atoms with Gasteiger partial charge in [-0.05, 0) is 35.6 Å². The molecule has 1 aliphatic carbocycles. The topological polar surface area (TPSA) is 130 Å². The minimum Gasteiger partial charge on any atom is -0.858 e. The summed E-state index contributed by atoms with van der Waals surface area (Å²) in [6.07, 6.45) is -2.69. The number of benzene rings is 1. The number of hydrogen-bond acceptors (Lipinski definition) is 8. The van der Waals surface area contributed by atoms with Crippen molar-refractivity contribution in [2.45, 2.75) is 36.7 Å². The molecule has 0 bridgehead atoms. The van der Waals surface area contributed by atoms with Crippen molar-refractivity contribution in [1.29, 1.82) is 0 Å². The Morgan fingerprint density at radius 3 is 2.64 bits per heavy atom. The number of aliphatic imine (C=N–C) groups is 1. The van der Waals surface area contributed by atoms with Crippen molar-refractivity contribution < 1.29 is 57.1 Å². The molecule has 1 unspecified atom stereocenters. The molecule has 0 amide bonds. The molecule has 1 saturated heterocycles. The van der Waals surface area contributed by atoms with E-state index in [0.717, 1.165) is 0 Å². The number of phosphoric acid groups is 1. The van der Waals surface area contributed by atoms with Gasteiger partial charge >= 0.3 is 26.7 Å². The second-order valence-corrected chi connectivity index (χ2v) is 7.59. The quantitative estimate of drug-likeness (QED) is 0.362. The van der Waals surface area contributed by atoms with Crippen molar-refractivity contribution in [2.24, 2.45) is 4.99 Å². The number of aliphatic hydroxyl groups is 1. The molecule has 5 rings (SSSR count). The summed E-state index contributed by atoms with van der Waals surface area (Å²) in [6, 6.07) is 2.60. The van der Waals surface area contributed by atoms with Gasteiger partial charge in [-0.1, -0.05) is 0 Å². The van der Waals surface area contributed by atoms with Crippen molar-refractivity contribution in [3.63, 3.8) is 0 Å². The van der Waals surface area contributed by atoms with Crippen LogP contribution in [0.5, 0.6) is 11.5 Å². The monoisotopic (exact) mass is 361 g/mol. The molecule has 4 aliphatic rings. The molecule has 3 aliphatic heterocycles. The molecule has 2 N–H and O–H groups in total. The Morgan fingerprint density at radius 1 is 1.20 bits per heavy atom. The molecule has 9 nitrogen and oxygen atoms in total. The molecular weight excluding hydrogens is 348 g/mol. The SMILES string of the molecule is O=P1(O)O[C@H]2[C@@H]3N=C([O-])c4cc5c(cc4[C@H]3C[C@H](O)[C@H]2O1)OCO5.[Li+]. The summed E-state index contributed by atoms with van der Waals surface area (Å²) in [5.41, 5.74) is 1.06. The van der Waals surface area contributed by atoms with Crippen molar-refractivity contribution in [2.75, 3.05) is 6.79 Å². The normalized spacial score (nSPS) is 40.4. The first kappa shape index (κ1) is 17.4. The Hall–Kier alpha value is -1.04. The van der Waals surface area contributed by atoms with Crippen molar-refractivity contribution in [3.05, 3.63) is 23.3 Å². The molecule has 11 heteroatoms. The van der Waals surface area contributed by atoms with Crippen molar-refractivity contribution in [1.82, 2.24) is 0 Å². The molecule has 1 saturated carbocycles. The van der Waals surface area contributed by atoms with Gasteiger partial charge in [0.25, 0.3) is 0 Å². The van der Waals surface area contributed by atoms with E-state index in [1.165, 1.54) is 0 Å². The zero-order valence-electron chi connectivity index (χ0n) is 13.2. The third kappa shape index (κ3) is 2.54. The van der Waals surface area contributed by atoms with E-state index < -0.39 is 38.1 Å². The fraction of sp³-hybridized carbons (Fsp3) is 0.500. The second-order valence-electron chi connectivity index (χ2n) is 6.24. The molecule has 1 aromatic carbocycles. The van der Waals surface area contributed by atoms with Gasteiger partial charge in [-0.3, -0.25) is 14.0 Å². The Morgan fingerprint density at radius 2 is 1.88 bits per heavy atom. The average Bonchev–Trinajstić information content (AvgIpc) is 3.10. The van der Waals surface area contributed by atoms with Crippen LogP contribution in [0.4, 0.5) is 0 Å². The zero-order valence-corrected chi connectivity index (χ0v) is 14.1. The first-order valence-corrected chi connectivity index (χ1v) is 8.99. The standard InChI is InChI=1S/C14H14NO8P.Li/c16-8-1-6-5-2-9-10(21-4-20-9)3-7(5)14(17)15-11(6)13-12(8)22-24(18,19)23-13;/h2-3,6,8,11-13,16H,1,4H2,(H,15,17)(H,18,19);/q;+1/p-1/t6-,8+,11-,12-,13+;/m1./s1. The maximum atomic E-state index is 12.4. The van der Waals surface area contributed by atoms with Crippen molar-refractivity contribution >= 4 is 13.7 Å². The van der Waals surface area contributed by atoms with Gasteiger partial charge in [0.2, 0.25) is 6.79 Å². The predicted molar refractivity (Wildman–Crippen MR) is 75.8 cm³/mol. The molecule has 2 fully saturated rings. The predicted octanol–water partition coefficient (Wildman–Crippen LogP) is -3.36. The Balaban J connectivity index is 0.00000157. The van der Waals surface area contributed by atoms with Crippen LogP contribution in [0.2, 0.25) is 0 Å². The maximum Gasteiger partial charge on any atom is 1.00 e. The van der Waals surface area contributed by atoms with Crippen LogP contribution in [0.1, 0.15) is 23.5 Å². The van der Waals surface area contributed by atoms with E-state index in [2.05, 4.69) is 4.99 Å². The Kier molecular flexibility index (Phi) is 3.98. The molecule has 0 aromatic heterocycles. The van der Waals surface area contributed by atoms with Gasteiger partial charge in [-0.25, -0.2) is 4.57 Å². The Bertz CT molecular complexity index is 816. The zero-order chi connectivity index (χ0) is 16.6. The van der Waals surface area contributed by atoms with Gasteiger partial charge < -0.3 is 24.6 Å². The van der Waals surface area contributed by atoms with E-state index in [-0.39, 0.29) is 38.0 Å². The van der Waals surface area contributed by atoms with Crippen LogP contribution in [-0.2, 0) is 13.6 Å². The molecule has 128 valence electrons. The molecule has 1 aromatic rings. The van der Waals surface area contributed by atoms with Crippen LogP contribution in [0, 0.1) is 0 Å². The smallest absolute Gasteiger partial charge is 0.858 e. The van der Waals surface area contributed by atoms with E-state index >= 15 is 0 Å². The van der Waals surface area contributed by atoms with Crippen molar-refractivity contribution in [3.8, 4) is 11.5 Å². The summed E-state index contributed by atoms with van der Waals surface area (Å²) in [4.78, 5) is 13.7. The minimum atomic E-state index is -4.24. The van der Waals surface area contributed by atoms with Gasteiger partial charge in [0.15, 0.2) is 11.5 Å². The summed E-state index contributed by atoms with van der Waals surface area (Å²) in [5.74, 6) is 0.202. The number of phosphoric ester groups is 1. The van der Waals surface area contributed by atoms with Gasteiger partial charge in [0.05, 0.1) is 12.1 Å². The number of fused-ring (bicyclic) bond motifs is 6. The molecule has 0 radical (unpaired) electrons. The van der Waals surface area contributed by atoms with Crippen LogP contribution in [0.3, 0.4) is 0 Å². The molecule has 6 atom stereocenters. The first-order valence-electron chi connectivity index (χ1n) is 7.49. The largest absolute Gasteiger partial charge is 1.00 e. The third-order valence-electron chi connectivity index (χ3n) is 4.90. The fourth-order valence-corrected chi connectivity index (χ4v) is 5.06. The fourth-order valence-electron chi connectivity index (χ4n) is 3.89. The Labute approximate surface area is 154 Å². The summed E-state index contributed by atoms with van der Waals surface area (Å²) in [6.45, 7) is 0.0790. The number of aliphatic hydroxyl groups excluding tert-OH is 1. The number of ether oxygens (including phenoxy) is 2. The molecule has 25 heavy (non-hydrogen) atoms. The van der Waals surface area contributed by atoms with Gasteiger partial charge in [0.1, 0.15) is 12.2 Å². The van der Waals surface area contributed by atoms with E-state index in [0.29, 0.717) is 22.6 Å². The third-order valence-corrected chi connectivity index (χ3v) is 5.92. The van der Waals surface area contributed by atoms with Crippen LogP contribution in [-0.4, -0.2) is 47.0 Å². The average molecular weight is 361 g/mol. The van der Waals surface area contributed by atoms with E-state index in [9.17, 15) is 19.7 Å². The molecular formula is C14H13LiNO8P. The van der Waals surface area contributed by atoms with Crippen LogP contribution >= 0.6 is 7.82 Å². The summed E-state index contributed by atoms with van der Waals surface area (Å²) >= 11 is 0. The molecule has 0 spiro atoms. The summed E-state index contributed by atoms with van der Waals surface area (Å²) < 4.78 is 32.4. The number of hydrogen-bond donors (Lipinski definition) is 2. The first-order chi connectivity index (χ1) is 11.4. The number of rotatable bonds is 0. The van der Waals surface area contributed by atoms with Crippen LogP contribution in [0.25, 0.3) is 0 Å². The van der Waals surface area contributed by atoms with E-state index in [1.54, 1.807) is 12.1 Å².